The van der Waals surface area contributed by atoms with E-state index < -0.39 is 6.09 Å². The van der Waals surface area contributed by atoms with Crippen LogP contribution in [0.2, 0.25) is 0 Å². The van der Waals surface area contributed by atoms with Crippen LogP contribution < -0.4 is 11.1 Å². The molecule has 1 heterocycles. The van der Waals surface area contributed by atoms with Crippen LogP contribution >= 0.6 is 0 Å². The van der Waals surface area contributed by atoms with Crippen LogP contribution in [-0.2, 0) is 4.74 Å². The first-order valence-electron chi connectivity index (χ1n) is 3.37. The van der Waals surface area contributed by atoms with Gasteiger partial charge in [-0.25, -0.2) is 4.79 Å². The number of nitrogens with one attached hydrogen (secondary N) is 1. The molecule has 0 saturated carbocycles. The van der Waals surface area contributed by atoms with Crippen molar-refractivity contribution < 1.29 is 9.53 Å². The topological polar surface area (TPSA) is 64.3 Å². The van der Waals surface area contributed by atoms with E-state index in [0.717, 1.165) is 13.1 Å². The average Bonchev–Trinajstić information content (AvgIpc) is 2.15. The number of nitrogens with two attached hydrogens (primary N) is 1. The number of hydrogen-bond acceptors (Lipinski definition) is 3. The SMILES string of the molecule is CC1CNCC1OC(N)=O. The molecule has 0 radical (unpaired) electrons. The molecular formula is C6H12N2O2. The van der Waals surface area contributed by atoms with Gasteiger partial charge in [-0.2, -0.15) is 0 Å². The molecule has 2 unspecified atom stereocenters. The van der Waals surface area contributed by atoms with Gasteiger partial charge in [0.15, 0.2) is 0 Å². The van der Waals surface area contributed by atoms with Crippen LogP contribution in [0.3, 0.4) is 0 Å². The van der Waals surface area contributed by atoms with Crippen molar-refractivity contribution in [1.29, 1.82) is 0 Å². The summed E-state index contributed by atoms with van der Waals surface area (Å²) in [4.78, 5) is 10.3. The fourth-order valence-electron chi connectivity index (χ4n) is 1.09. The van der Waals surface area contributed by atoms with Crippen LogP contribution in [0.15, 0.2) is 0 Å². The second-order valence-electron chi connectivity index (χ2n) is 2.61. The van der Waals surface area contributed by atoms with Crippen LogP contribution in [0, 0.1) is 5.92 Å². The molecule has 0 aromatic carbocycles. The minimum Gasteiger partial charge on any atom is -0.445 e. The zero-order chi connectivity index (χ0) is 7.56. The third kappa shape index (κ3) is 1.60. The van der Waals surface area contributed by atoms with Gasteiger partial charge in [-0.1, -0.05) is 6.92 Å². The Kier molecular flexibility index (Phi) is 2.11. The van der Waals surface area contributed by atoms with Crippen LogP contribution in [0.25, 0.3) is 0 Å². The molecule has 1 aliphatic heterocycles. The van der Waals surface area contributed by atoms with Gasteiger partial charge in [-0.3, -0.25) is 0 Å². The Labute approximate surface area is 59.7 Å². The second-order valence-corrected chi connectivity index (χ2v) is 2.61. The Bertz CT molecular complexity index is 138. The monoisotopic (exact) mass is 144 g/mol. The van der Waals surface area contributed by atoms with Crippen LogP contribution in [0.5, 0.6) is 0 Å². The quantitative estimate of drug-likeness (QED) is 0.530. The summed E-state index contributed by atoms with van der Waals surface area (Å²) in [6.45, 7) is 3.65. The highest BCUT2D eigenvalue weighted by Gasteiger charge is 2.25. The lowest BCUT2D eigenvalue weighted by Crippen LogP contribution is -2.27. The molecule has 1 fully saturated rings. The van der Waals surface area contributed by atoms with E-state index >= 15 is 0 Å². The van der Waals surface area contributed by atoms with Crippen LogP contribution in [0.4, 0.5) is 4.79 Å². The lowest BCUT2D eigenvalue weighted by Gasteiger charge is -2.12. The molecule has 0 bridgehead atoms. The number of ether oxygens (including phenoxy) is 1. The molecule has 10 heavy (non-hydrogen) atoms. The van der Waals surface area contributed by atoms with Crippen molar-refractivity contribution in [1.82, 2.24) is 5.32 Å². The molecule has 1 amide bonds. The van der Waals surface area contributed by atoms with Crippen molar-refractivity contribution in [3.8, 4) is 0 Å². The highest BCUT2D eigenvalue weighted by Crippen LogP contribution is 2.10. The highest BCUT2D eigenvalue weighted by atomic mass is 16.6. The lowest BCUT2D eigenvalue weighted by molar-refractivity contribution is 0.0965. The van der Waals surface area contributed by atoms with Crippen LogP contribution in [-0.4, -0.2) is 25.3 Å². The minimum atomic E-state index is -0.680. The third-order valence-electron chi connectivity index (χ3n) is 1.71. The van der Waals surface area contributed by atoms with Crippen molar-refractivity contribution in [2.75, 3.05) is 13.1 Å². The van der Waals surface area contributed by atoms with Gasteiger partial charge in [-0.15, -0.1) is 0 Å². The molecule has 4 heteroatoms. The standard InChI is InChI=1S/C6H12N2O2/c1-4-2-8-3-5(4)10-6(7)9/h4-5,8H,2-3H2,1H3,(H2,7,9). The number of amides is 1. The van der Waals surface area contributed by atoms with E-state index in [4.69, 9.17) is 10.5 Å². The summed E-state index contributed by atoms with van der Waals surface area (Å²) in [6, 6.07) is 0. The summed E-state index contributed by atoms with van der Waals surface area (Å²) in [6.07, 6.45) is -0.710. The van der Waals surface area contributed by atoms with E-state index in [1.807, 2.05) is 6.92 Å². The van der Waals surface area contributed by atoms with E-state index in [0.29, 0.717) is 5.92 Å². The zero-order valence-electron chi connectivity index (χ0n) is 5.96. The maximum absolute atomic E-state index is 10.3. The van der Waals surface area contributed by atoms with Gasteiger partial charge in [0.1, 0.15) is 6.10 Å². The Balaban J connectivity index is 2.33. The first-order valence-corrected chi connectivity index (χ1v) is 3.37. The molecule has 2 atom stereocenters. The lowest BCUT2D eigenvalue weighted by atomic mass is 10.1. The first-order chi connectivity index (χ1) is 4.70. The number of carbonyl (C=O) groups excluding carboxylic acids is 1. The van der Waals surface area contributed by atoms with Crippen molar-refractivity contribution in [2.45, 2.75) is 13.0 Å². The Morgan fingerprint density at radius 2 is 2.40 bits per heavy atom. The van der Waals surface area contributed by atoms with E-state index in [9.17, 15) is 4.79 Å². The second kappa shape index (κ2) is 2.88. The van der Waals surface area contributed by atoms with Gasteiger partial charge in [-0.05, 0) is 0 Å². The smallest absolute Gasteiger partial charge is 0.404 e. The van der Waals surface area contributed by atoms with Gasteiger partial charge in [0.2, 0.25) is 0 Å². The van der Waals surface area contributed by atoms with Crippen molar-refractivity contribution in [3.63, 3.8) is 0 Å². The fourth-order valence-corrected chi connectivity index (χ4v) is 1.09. The minimum absolute atomic E-state index is 0.0301. The van der Waals surface area contributed by atoms with Gasteiger partial charge >= 0.3 is 6.09 Å². The molecule has 0 aromatic heterocycles. The molecule has 58 valence electrons. The van der Waals surface area contributed by atoms with E-state index in [1.54, 1.807) is 0 Å². The predicted octanol–water partition coefficient (Wildman–Crippen LogP) is -0.310. The van der Waals surface area contributed by atoms with Gasteiger partial charge < -0.3 is 15.8 Å². The summed E-state index contributed by atoms with van der Waals surface area (Å²) in [5, 5.41) is 3.09. The molecule has 3 N–H and O–H groups in total. The van der Waals surface area contributed by atoms with Gasteiger partial charge in [0, 0.05) is 19.0 Å². The largest absolute Gasteiger partial charge is 0.445 e. The van der Waals surface area contributed by atoms with Crippen LogP contribution in [0.1, 0.15) is 6.92 Å². The van der Waals surface area contributed by atoms with Crippen molar-refractivity contribution in [3.05, 3.63) is 0 Å². The van der Waals surface area contributed by atoms with Gasteiger partial charge in [0.25, 0.3) is 0 Å². The Morgan fingerprint density at radius 3 is 2.80 bits per heavy atom. The van der Waals surface area contributed by atoms with E-state index in [1.165, 1.54) is 0 Å². The molecule has 1 rings (SSSR count). The normalized spacial score (nSPS) is 32.1. The number of hydrogen-bond donors (Lipinski definition) is 2. The number of rotatable bonds is 1. The predicted molar refractivity (Wildman–Crippen MR) is 36.5 cm³/mol. The molecule has 0 aromatic rings. The maximum atomic E-state index is 10.3. The van der Waals surface area contributed by atoms with Crippen molar-refractivity contribution in [2.24, 2.45) is 11.7 Å². The molecular weight excluding hydrogens is 132 g/mol. The molecule has 4 nitrogen and oxygen atoms in total. The molecule has 0 aliphatic carbocycles. The maximum Gasteiger partial charge on any atom is 0.404 e. The number of primary amides is 1. The highest BCUT2D eigenvalue weighted by molar-refractivity contribution is 5.64. The fraction of sp³-hybridized carbons (Fsp3) is 0.833. The summed E-state index contributed by atoms with van der Waals surface area (Å²) < 4.78 is 4.80. The molecule has 0 spiro atoms. The van der Waals surface area contributed by atoms with E-state index in [-0.39, 0.29) is 6.10 Å². The Hall–Kier alpha value is -0.770. The summed E-state index contributed by atoms with van der Waals surface area (Å²) in [5.74, 6) is 0.382. The van der Waals surface area contributed by atoms with Gasteiger partial charge in [0.05, 0.1) is 0 Å². The van der Waals surface area contributed by atoms with E-state index in [2.05, 4.69) is 5.32 Å². The molecule has 1 aliphatic rings. The summed E-state index contributed by atoms with van der Waals surface area (Å²) in [7, 11) is 0. The summed E-state index contributed by atoms with van der Waals surface area (Å²) in [5.41, 5.74) is 4.85. The summed E-state index contributed by atoms with van der Waals surface area (Å²) >= 11 is 0. The zero-order valence-corrected chi connectivity index (χ0v) is 5.96. The van der Waals surface area contributed by atoms with Crippen molar-refractivity contribution >= 4 is 6.09 Å². The third-order valence-corrected chi connectivity index (χ3v) is 1.71. The Morgan fingerprint density at radius 1 is 1.70 bits per heavy atom. The first kappa shape index (κ1) is 7.34. The average molecular weight is 144 g/mol. The molecule has 1 saturated heterocycles. The number of carbonyl (C=O) groups is 1.